The molecule has 0 atom stereocenters. The predicted molar refractivity (Wildman–Crippen MR) is 63.4 cm³/mol. The van der Waals surface area contributed by atoms with Gasteiger partial charge in [-0.1, -0.05) is 13.8 Å². The topological polar surface area (TPSA) is 35.5 Å². The molecular weight excluding hydrogens is 204 g/mol. The first-order chi connectivity index (χ1) is 7.77. The number of hydrogen-bond acceptors (Lipinski definition) is 3. The number of rotatable bonds is 1. The summed E-state index contributed by atoms with van der Waals surface area (Å²) in [7, 11) is 0. The van der Waals surface area contributed by atoms with E-state index in [0.29, 0.717) is 24.5 Å². The summed E-state index contributed by atoms with van der Waals surface area (Å²) in [4.78, 5) is 11.1. The molecule has 1 aliphatic rings. The Morgan fingerprint density at radius 1 is 1.12 bits per heavy atom. The molecule has 1 aromatic rings. The van der Waals surface area contributed by atoms with Crippen LogP contribution in [0.5, 0.6) is 11.5 Å². The average molecular weight is 222 g/mol. The fourth-order valence-electron chi connectivity index (χ4n) is 1.38. The van der Waals surface area contributed by atoms with E-state index < -0.39 is 0 Å². The smallest absolute Gasteiger partial charge is 0.161 e. The van der Waals surface area contributed by atoms with E-state index in [9.17, 15) is 4.79 Å². The Morgan fingerprint density at radius 3 is 2.38 bits per heavy atom. The van der Waals surface area contributed by atoms with Crippen molar-refractivity contribution in [2.24, 2.45) is 0 Å². The Hall–Kier alpha value is -1.51. The van der Waals surface area contributed by atoms with Crippen LogP contribution in [-0.2, 0) is 0 Å². The number of ketones is 1. The highest BCUT2D eigenvalue weighted by Gasteiger charge is 2.11. The molecule has 0 saturated carbocycles. The first-order valence-corrected chi connectivity index (χ1v) is 5.68. The zero-order valence-electron chi connectivity index (χ0n) is 10.1. The van der Waals surface area contributed by atoms with Crippen LogP contribution in [0.4, 0.5) is 0 Å². The lowest BCUT2D eigenvalue weighted by Gasteiger charge is -2.07. The van der Waals surface area contributed by atoms with Crippen LogP contribution in [-0.4, -0.2) is 19.0 Å². The molecule has 0 radical (unpaired) electrons. The van der Waals surface area contributed by atoms with E-state index in [-0.39, 0.29) is 5.78 Å². The standard InChI is InChI=1S/C11H12O3.C2H6/c1-8(12)9-3-4-10-11(7-9)14-6-2-5-13-10;1-2/h3-4,7H,2,5-6H2,1H3;1-2H3. The van der Waals surface area contributed by atoms with Gasteiger partial charge in [0.25, 0.3) is 0 Å². The second-order valence-electron chi connectivity index (χ2n) is 3.27. The SMILES string of the molecule is CC.CC(=O)c1ccc2c(c1)OCCCO2. The van der Waals surface area contributed by atoms with Gasteiger partial charge in [-0.05, 0) is 25.1 Å². The summed E-state index contributed by atoms with van der Waals surface area (Å²) in [5.41, 5.74) is 0.661. The van der Waals surface area contributed by atoms with E-state index in [1.165, 1.54) is 0 Å². The maximum atomic E-state index is 11.1. The molecule has 0 amide bonds. The Morgan fingerprint density at radius 2 is 1.75 bits per heavy atom. The molecule has 3 heteroatoms. The zero-order valence-corrected chi connectivity index (χ0v) is 10.1. The fraction of sp³-hybridized carbons (Fsp3) is 0.462. The molecule has 0 aromatic heterocycles. The molecule has 0 aliphatic carbocycles. The molecule has 0 N–H and O–H groups in total. The summed E-state index contributed by atoms with van der Waals surface area (Å²) in [5.74, 6) is 1.45. The van der Waals surface area contributed by atoms with Gasteiger partial charge in [-0.25, -0.2) is 0 Å². The van der Waals surface area contributed by atoms with Gasteiger partial charge in [-0.2, -0.15) is 0 Å². The normalized spacial score (nSPS) is 13.2. The second kappa shape index (κ2) is 6.16. The maximum absolute atomic E-state index is 11.1. The van der Waals surface area contributed by atoms with Crippen molar-refractivity contribution in [2.75, 3.05) is 13.2 Å². The van der Waals surface area contributed by atoms with E-state index in [1.807, 2.05) is 13.8 Å². The fourth-order valence-corrected chi connectivity index (χ4v) is 1.38. The lowest BCUT2D eigenvalue weighted by molar-refractivity contribution is 0.101. The monoisotopic (exact) mass is 222 g/mol. The van der Waals surface area contributed by atoms with Crippen molar-refractivity contribution in [1.29, 1.82) is 0 Å². The number of fused-ring (bicyclic) bond motifs is 1. The minimum Gasteiger partial charge on any atom is -0.490 e. The Bertz CT molecular complexity index is 358. The van der Waals surface area contributed by atoms with E-state index in [2.05, 4.69) is 0 Å². The first kappa shape index (κ1) is 12.6. The Kier molecular flexibility index (Phi) is 4.83. The highest BCUT2D eigenvalue weighted by molar-refractivity contribution is 5.94. The van der Waals surface area contributed by atoms with Crippen LogP contribution < -0.4 is 9.47 Å². The third-order valence-electron chi connectivity index (χ3n) is 2.15. The average Bonchev–Trinajstić information content (AvgIpc) is 2.55. The number of carbonyl (C=O) groups is 1. The molecule has 0 saturated heterocycles. The summed E-state index contributed by atoms with van der Waals surface area (Å²) >= 11 is 0. The minimum atomic E-state index is 0.0423. The highest BCUT2D eigenvalue weighted by Crippen LogP contribution is 2.30. The molecule has 1 aromatic carbocycles. The van der Waals surface area contributed by atoms with Gasteiger partial charge in [-0.3, -0.25) is 4.79 Å². The summed E-state index contributed by atoms with van der Waals surface area (Å²) in [6, 6.07) is 5.29. The summed E-state index contributed by atoms with van der Waals surface area (Å²) in [5, 5.41) is 0. The van der Waals surface area contributed by atoms with Crippen molar-refractivity contribution >= 4 is 5.78 Å². The molecule has 1 aliphatic heterocycles. The van der Waals surface area contributed by atoms with Gasteiger partial charge in [0, 0.05) is 12.0 Å². The van der Waals surface area contributed by atoms with Crippen LogP contribution in [0.3, 0.4) is 0 Å². The molecule has 88 valence electrons. The van der Waals surface area contributed by atoms with Gasteiger partial charge in [0.15, 0.2) is 17.3 Å². The number of Topliss-reactive ketones (excluding diaryl/α,β-unsaturated/α-hetero) is 1. The Labute approximate surface area is 96.4 Å². The maximum Gasteiger partial charge on any atom is 0.161 e. The molecular formula is C13H18O3. The van der Waals surface area contributed by atoms with Crippen molar-refractivity contribution in [2.45, 2.75) is 27.2 Å². The molecule has 0 spiro atoms. The number of ether oxygens (including phenoxy) is 2. The zero-order chi connectivity index (χ0) is 12.0. The molecule has 1 heterocycles. The van der Waals surface area contributed by atoms with Gasteiger partial charge in [-0.15, -0.1) is 0 Å². The molecule has 2 rings (SSSR count). The lowest BCUT2D eigenvalue weighted by atomic mass is 10.1. The van der Waals surface area contributed by atoms with Crippen molar-refractivity contribution in [3.63, 3.8) is 0 Å². The van der Waals surface area contributed by atoms with Crippen LogP contribution in [0.1, 0.15) is 37.6 Å². The molecule has 0 bridgehead atoms. The van der Waals surface area contributed by atoms with Crippen LogP contribution in [0.2, 0.25) is 0 Å². The summed E-state index contributed by atoms with van der Waals surface area (Å²) in [6.07, 6.45) is 0.879. The van der Waals surface area contributed by atoms with Crippen LogP contribution in [0, 0.1) is 0 Å². The molecule has 0 unspecified atom stereocenters. The van der Waals surface area contributed by atoms with E-state index in [1.54, 1.807) is 25.1 Å². The van der Waals surface area contributed by atoms with Gasteiger partial charge >= 0.3 is 0 Å². The van der Waals surface area contributed by atoms with E-state index in [0.717, 1.165) is 12.2 Å². The molecule has 16 heavy (non-hydrogen) atoms. The summed E-state index contributed by atoms with van der Waals surface area (Å²) < 4.78 is 10.9. The van der Waals surface area contributed by atoms with Crippen LogP contribution in [0.15, 0.2) is 18.2 Å². The summed E-state index contributed by atoms with van der Waals surface area (Å²) in [6.45, 7) is 6.86. The van der Waals surface area contributed by atoms with E-state index in [4.69, 9.17) is 9.47 Å². The van der Waals surface area contributed by atoms with Gasteiger partial charge in [0.1, 0.15) is 0 Å². The van der Waals surface area contributed by atoms with Crippen molar-refractivity contribution < 1.29 is 14.3 Å². The number of benzene rings is 1. The largest absolute Gasteiger partial charge is 0.490 e. The minimum absolute atomic E-state index is 0.0423. The quantitative estimate of drug-likeness (QED) is 0.685. The number of carbonyl (C=O) groups excluding carboxylic acids is 1. The van der Waals surface area contributed by atoms with Crippen molar-refractivity contribution in [1.82, 2.24) is 0 Å². The van der Waals surface area contributed by atoms with Crippen LogP contribution in [0.25, 0.3) is 0 Å². The van der Waals surface area contributed by atoms with Gasteiger partial charge in [0.05, 0.1) is 13.2 Å². The van der Waals surface area contributed by atoms with Gasteiger partial charge in [0.2, 0.25) is 0 Å². The highest BCUT2D eigenvalue weighted by atomic mass is 16.5. The predicted octanol–water partition coefficient (Wildman–Crippen LogP) is 3.08. The number of hydrogen-bond donors (Lipinski definition) is 0. The third-order valence-corrected chi connectivity index (χ3v) is 2.15. The third kappa shape index (κ3) is 2.99. The van der Waals surface area contributed by atoms with E-state index >= 15 is 0 Å². The Balaban J connectivity index is 0.000000606. The second-order valence-corrected chi connectivity index (χ2v) is 3.27. The molecule has 0 fully saturated rings. The first-order valence-electron chi connectivity index (χ1n) is 5.68. The van der Waals surface area contributed by atoms with Crippen LogP contribution >= 0.6 is 0 Å². The van der Waals surface area contributed by atoms with Crippen molar-refractivity contribution in [3.8, 4) is 11.5 Å². The van der Waals surface area contributed by atoms with Crippen molar-refractivity contribution in [3.05, 3.63) is 23.8 Å². The van der Waals surface area contributed by atoms with Gasteiger partial charge < -0.3 is 9.47 Å². The lowest BCUT2D eigenvalue weighted by Crippen LogP contribution is -1.97. The molecule has 3 nitrogen and oxygen atoms in total.